The van der Waals surface area contributed by atoms with Crippen molar-refractivity contribution in [1.29, 1.82) is 0 Å². The van der Waals surface area contributed by atoms with Crippen molar-refractivity contribution in [1.82, 2.24) is 0 Å². The molecule has 1 atom stereocenters. The van der Waals surface area contributed by atoms with Gasteiger partial charge in [-0.3, -0.25) is 0 Å². The number of nitrogens with two attached hydrogens (primary N) is 1. The van der Waals surface area contributed by atoms with Gasteiger partial charge in [0.2, 0.25) is 0 Å². The van der Waals surface area contributed by atoms with Crippen LogP contribution in [0, 0.1) is 0 Å². The van der Waals surface area contributed by atoms with Crippen LogP contribution in [0.15, 0.2) is 46.9 Å². The molecular weight excluding hydrogens is 312 g/mol. The summed E-state index contributed by atoms with van der Waals surface area (Å²) in [5, 5.41) is 4.01. The molecule has 2 aromatic rings. The van der Waals surface area contributed by atoms with Crippen LogP contribution in [0.2, 0.25) is 5.02 Å². The van der Waals surface area contributed by atoms with Crippen molar-refractivity contribution in [2.45, 2.75) is 13.0 Å². The van der Waals surface area contributed by atoms with E-state index in [1.807, 2.05) is 24.3 Å². The first-order valence-electron chi connectivity index (χ1n) is 5.63. The van der Waals surface area contributed by atoms with E-state index >= 15 is 0 Å². The molecule has 0 aliphatic rings. The van der Waals surface area contributed by atoms with Crippen LogP contribution in [0.4, 0.5) is 11.4 Å². The number of rotatable bonds is 3. The van der Waals surface area contributed by atoms with Gasteiger partial charge in [0.1, 0.15) is 0 Å². The minimum absolute atomic E-state index is 0.180. The lowest BCUT2D eigenvalue weighted by Gasteiger charge is -2.17. The maximum atomic E-state index is 6.14. The molecule has 0 amide bonds. The molecule has 0 saturated heterocycles. The summed E-state index contributed by atoms with van der Waals surface area (Å²) >= 11 is 9.56. The van der Waals surface area contributed by atoms with Crippen molar-refractivity contribution < 1.29 is 0 Å². The maximum Gasteiger partial charge on any atom is 0.0658 e. The van der Waals surface area contributed by atoms with E-state index in [9.17, 15) is 0 Å². The van der Waals surface area contributed by atoms with Gasteiger partial charge in [-0.25, -0.2) is 0 Å². The summed E-state index contributed by atoms with van der Waals surface area (Å²) in [6.07, 6.45) is 0. The Bertz CT molecular complexity index is 540. The van der Waals surface area contributed by atoms with Gasteiger partial charge < -0.3 is 11.1 Å². The van der Waals surface area contributed by atoms with Crippen molar-refractivity contribution >= 4 is 38.9 Å². The molecule has 2 rings (SSSR count). The minimum atomic E-state index is 0.180. The fourth-order valence-electron chi connectivity index (χ4n) is 1.72. The van der Waals surface area contributed by atoms with E-state index in [1.165, 1.54) is 5.56 Å². The lowest BCUT2D eigenvalue weighted by molar-refractivity contribution is 0.884. The normalized spacial score (nSPS) is 12.2. The Morgan fingerprint density at radius 3 is 2.44 bits per heavy atom. The molecule has 0 bridgehead atoms. The predicted octanol–water partition coefficient (Wildman–Crippen LogP) is 4.86. The Morgan fingerprint density at radius 2 is 1.83 bits per heavy atom. The number of hydrogen-bond acceptors (Lipinski definition) is 2. The van der Waals surface area contributed by atoms with Crippen LogP contribution in [0.25, 0.3) is 0 Å². The van der Waals surface area contributed by atoms with E-state index in [0.29, 0.717) is 10.7 Å². The van der Waals surface area contributed by atoms with Crippen molar-refractivity contribution in [3.05, 3.63) is 57.5 Å². The summed E-state index contributed by atoms with van der Waals surface area (Å²) < 4.78 is 1.07. The highest BCUT2D eigenvalue weighted by Crippen LogP contribution is 2.28. The zero-order chi connectivity index (χ0) is 13.1. The third-order valence-electron chi connectivity index (χ3n) is 2.74. The Morgan fingerprint density at radius 1 is 1.17 bits per heavy atom. The van der Waals surface area contributed by atoms with Crippen LogP contribution in [0.1, 0.15) is 18.5 Å². The maximum absolute atomic E-state index is 6.14. The van der Waals surface area contributed by atoms with Gasteiger partial charge in [0.15, 0.2) is 0 Å². The molecule has 0 radical (unpaired) electrons. The molecule has 2 aromatic carbocycles. The minimum Gasteiger partial charge on any atom is -0.399 e. The van der Waals surface area contributed by atoms with E-state index in [4.69, 9.17) is 17.3 Å². The predicted molar refractivity (Wildman–Crippen MR) is 82.0 cm³/mol. The third-order valence-corrected chi connectivity index (χ3v) is 3.58. The topological polar surface area (TPSA) is 38.0 Å². The lowest BCUT2D eigenvalue weighted by atomic mass is 10.1. The summed E-state index contributed by atoms with van der Waals surface area (Å²) in [5.41, 5.74) is 8.43. The second kappa shape index (κ2) is 5.63. The van der Waals surface area contributed by atoms with Gasteiger partial charge in [-0.15, -0.1) is 0 Å². The molecular formula is C14H14BrClN2. The quantitative estimate of drug-likeness (QED) is 0.791. The fraction of sp³-hybridized carbons (Fsp3) is 0.143. The van der Waals surface area contributed by atoms with Gasteiger partial charge in [-0.2, -0.15) is 0 Å². The van der Waals surface area contributed by atoms with Gasteiger partial charge in [0.25, 0.3) is 0 Å². The summed E-state index contributed by atoms with van der Waals surface area (Å²) in [6, 6.07) is 13.9. The Labute approximate surface area is 120 Å². The van der Waals surface area contributed by atoms with Crippen LogP contribution in [0.5, 0.6) is 0 Å². The number of nitrogen functional groups attached to an aromatic ring is 1. The molecule has 1 unspecified atom stereocenters. The lowest BCUT2D eigenvalue weighted by Crippen LogP contribution is -2.07. The molecule has 0 spiro atoms. The van der Waals surface area contributed by atoms with Gasteiger partial charge in [0, 0.05) is 16.2 Å². The first kappa shape index (κ1) is 13.2. The van der Waals surface area contributed by atoms with Crippen molar-refractivity contribution in [2.75, 3.05) is 11.1 Å². The molecule has 3 N–H and O–H groups in total. The Balaban J connectivity index is 2.15. The van der Waals surface area contributed by atoms with E-state index in [1.54, 1.807) is 6.07 Å². The highest BCUT2D eigenvalue weighted by molar-refractivity contribution is 9.10. The van der Waals surface area contributed by atoms with Crippen LogP contribution < -0.4 is 11.1 Å². The number of hydrogen-bond donors (Lipinski definition) is 2. The molecule has 0 aliphatic heterocycles. The largest absolute Gasteiger partial charge is 0.399 e. The molecule has 0 fully saturated rings. The number of halogens is 2. The average molecular weight is 326 g/mol. The molecule has 0 aliphatic carbocycles. The molecule has 0 aromatic heterocycles. The zero-order valence-electron chi connectivity index (χ0n) is 9.95. The second-order valence-corrected chi connectivity index (χ2v) is 5.48. The summed E-state index contributed by atoms with van der Waals surface area (Å²) in [6.45, 7) is 2.09. The first-order valence-corrected chi connectivity index (χ1v) is 6.80. The highest BCUT2D eigenvalue weighted by atomic mass is 79.9. The van der Waals surface area contributed by atoms with Crippen LogP contribution >= 0.6 is 27.5 Å². The van der Waals surface area contributed by atoms with E-state index in [0.717, 1.165) is 10.2 Å². The fourth-order valence-corrected chi connectivity index (χ4v) is 2.22. The third kappa shape index (κ3) is 3.18. The summed E-state index contributed by atoms with van der Waals surface area (Å²) in [5.74, 6) is 0. The van der Waals surface area contributed by atoms with E-state index in [-0.39, 0.29) is 6.04 Å². The highest BCUT2D eigenvalue weighted by Gasteiger charge is 2.07. The van der Waals surface area contributed by atoms with Crippen molar-refractivity contribution in [3.63, 3.8) is 0 Å². The zero-order valence-corrected chi connectivity index (χ0v) is 12.3. The first-order chi connectivity index (χ1) is 8.56. The van der Waals surface area contributed by atoms with Gasteiger partial charge in [0.05, 0.1) is 10.7 Å². The monoisotopic (exact) mass is 324 g/mol. The molecule has 2 nitrogen and oxygen atoms in total. The SMILES string of the molecule is CC(Nc1ccc(N)cc1Cl)c1ccc(Br)cc1. The number of anilines is 2. The molecule has 0 heterocycles. The standard InChI is InChI=1S/C14H14BrClN2/c1-9(10-2-4-11(15)5-3-10)18-14-7-6-12(17)8-13(14)16/h2-9,18H,17H2,1H3. The Kier molecular flexibility index (Phi) is 4.15. The second-order valence-electron chi connectivity index (χ2n) is 4.16. The van der Waals surface area contributed by atoms with Crippen molar-refractivity contribution in [3.8, 4) is 0 Å². The summed E-state index contributed by atoms with van der Waals surface area (Å²) in [4.78, 5) is 0. The molecule has 0 saturated carbocycles. The summed E-state index contributed by atoms with van der Waals surface area (Å²) in [7, 11) is 0. The van der Waals surface area contributed by atoms with Crippen molar-refractivity contribution in [2.24, 2.45) is 0 Å². The number of nitrogens with one attached hydrogen (secondary N) is 1. The van der Waals surface area contributed by atoms with Gasteiger partial charge in [-0.05, 0) is 42.8 Å². The molecule has 94 valence electrons. The van der Waals surface area contributed by atoms with Gasteiger partial charge >= 0.3 is 0 Å². The molecule has 18 heavy (non-hydrogen) atoms. The van der Waals surface area contributed by atoms with Crippen LogP contribution in [-0.2, 0) is 0 Å². The Hall–Kier alpha value is -1.19. The van der Waals surface area contributed by atoms with Crippen LogP contribution in [-0.4, -0.2) is 0 Å². The van der Waals surface area contributed by atoms with E-state index < -0.39 is 0 Å². The van der Waals surface area contributed by atoms with Crippen LogP contribution in [0.3, 0.4) is 0 Å². The van der Waals surface area contributed by atoms with Gasteiger partial charge in [-0.1, -0.05) is 39.7 Å². The van der Waals surface area contributed by atoms with E-state index in [2.05, 4.69) is 40.3 Å². The smallest absolute Gasteiger partial charge is 0.0658 e. The average Bonchev–Trinajstić information content (AvgIpc) is 2.33. The number of benzene rings is 2. The molecule has 4 heteroatoms.